The third kappa shape index (κ3) is 19.1. The molecular weight excluding hydrogens is 1230 g/mol. The largest absolute Gasteiger partial charge is 0.514 e. The minimum atomic E-state index is -4.00. The number of benzene rings is 5. The number of halogens is 4. The number of hydrogen-bond donors (Lipinski definition) is 5. The van der Waals surface area contributed by atoms with E-state index >= 15 is 0 Å². The highest BCUT2D eigenvalue weighted by Crippen LogP contribution is 2.45. The van der Waals surface area contributed by atoms with Gasteiger partial charge in [0.1, 0.15) is 43.0 Å². The van der Waals surface area contributed by atoms with Crippen molar-refractivity contribution in [3.63, 3.8) is 0 Å². The lowest BCUT2D eigenvalue weighted by Crippen LogP contribution is -2.47. The van der Waals surface area contributed by atoms with Crippen molar-refractivity contribution in [3.8, 4) is 5.75 Å². The number of esters is 1. The van der Waals surface area contributed by atoms with Gasteiger partial charge in [-0.05, 0) is 96.5 Å². The summed E-state index contributed by atoms with van der Waals surface area (Å²) in [6.45, 7) is 5.63. The van der Waals surface area contributed by atoms with Crippen LogP contribution in [0.1, 0.15) is 45.2 Å². The molecule has 0 radical (unpaired) electrons. The van der Waals surface area contributed by atoms with Gasteiger partial charge in [-0.2, -0.15) is 8.61 Å². The summed E-state index contributed by atoms with van der Waals surface area (Å²) in [5, 5.41) is 32.4. The highest BCUT2D eigenvalue weighted by atomic mass is 32.2. The number of fused-ring (bicyclic) bond motifs is 2. The van der Waals surface area contributed by atoms with E-state index in [0.717, 1.165) is 23.3 Å². The smallest absolute Gasteiger partial charge is 0.459 e. The first-order valence-corrected chi connectivity index (χ1v) is 31.8. The van der Waals surface area contributed by atoms with Gasteiger partial charge in [0.15, 0.2) is 12.6 Å². The summed E-state index contributed by atoms with van der Waals surface area (Å²) in [4.78, 5) is 34.7. The number of anilines is 2. The average Bonchev–Trinajstić information content (AvgIpc) is 1.61. The Hall–Kier alpha value is -6.90. The predicted molar refractivity (Wildman–Crippen MR) is 319 cm³/mol. The molecule has 90 heavy (non-hydrogen) atoms. The summed E-state index contributed by atoms with van der Waals surface area (Å²) in [5.41, 5.74) is 20.1. The van der Waals surface area contributed by atoms with Gasteiger partial charge >= 0.3 is 12.1 Å². The van der Waals surface area contributed by atoms with Crippen LogP contribution in [0.5, 0.6) is 5.75 Å². The highest BCUT2D eigenvalue weighted by Gasteiger charge is 2.62. The Labute approximate surface area is 519 Å². The first kappa shape index (κ1) is 70.6. The number of nitro benzene ring substituents is 1. The number of sulfonamides is 2. The van der Waals surface area contributed by atoms with Crippen molar-refractivity contribution < 1.29 is 92.3 Å². The van der Waals surface area contributed by atoms with Gasteiger partial charge in [0, 0.05) is 61.6 Å². The molecule has 4 aliphatic rings. The first-order valence-electron chi connectivity index (χ1n) is 28.9. The summed E-state index contributed by atoms with van der Waals surface area (Å²) >= 11 is 0. The van der Waals surface area contributed by atoms with E-state index in [1.54, 1.807) is 12.1 Å². The molecule has 0 spiro atoms. The average molecular weight is 1310 g/mol. The Kier molecular flexibility index (Phi) is 24.3. The second kappa shape index (κ2) is 30.9. The first-order chi connectivity index (χ1) is 42.4. The van der Waals surface area contributed by atoms with Gasteiger partial charge in [0.2, 0.25) is 20.0 Å². The van der Waals surface area contributed by atoms with Crippen LogP contribution < -0.4 is 21.9 Å². The van der Waals surface area contributed by atoms with Crippen molar-refractivity contribution >= 4 is 49.2 Å². The zero-order valence-corrected chi connectivity index (χ0v) is 51.5. The molecule has 23 nitrogen and oxygen atoms in total. The van der Waals surface area contributed by atoms with E-state index in [1.807, 2.05) is 88.4 Å². The summed E-state index contributed by atoms with van der Waals surface area (Å²) in [7, 11) is -7.75. The molecule has 0 aliphatic carbocycles. The number of nitrogen functional groups attached to an aromatic ring is 2. The number of nitrogens with two attached hydrogens (primary N) is 3. The maximum Gasteiger partial charge on any atom is 0.514 e. The molecule has 4 heterocycles. The van der Waals surface area contributed by atoms with Gasteiger partial charge in [0.05, 0.1) is 46.6 Å². The lowest BCUT2D eigenvalue weighted by molar-refractivity contribution is -0.384. The van der Waals surface area contributed by atoms with E-state index in [2.05, 4.69) is 0 Å². The number of alkyl halides is 4. The normalized spacial score (nSPS) is 22.1. The topological polar surface area (TPSA) is 335 Å². The van der Waals surface area contributed by atoms with Gasteiger partial charge in [-0.15, -0.1) is 0 Å². The highest BCUT2D eigenvalue weighted by molar-refractivity contribution is 7.89. The Morgan fingerprint density at radius 1 is 0.622 bits per heavy atom. The molecule has 8 N–H and O–H groups in total. The van der Waals surface area contributed by atoms with Crippen molar-refractivity contribution in [1.82, 2.24) is 8.61 Å². The molecule has 492 valence electrons. The Morgan fingerprint density at radius 3 is 1.48 bits per heavy atom. The summed E-state index contributed by atoms with van der Waals surface area (Å²) < 4.78 is 147. The van der Waals surface area contributed by atoms with Crippen LogP contribution in [-0.4, -0.2) is 160 Å². The second-order valence-electron chi connectivity index (χ2n) is 23.1. The number of ether oxygens (including phenoxy) is 7. The molecule has 0 amide bonds. The molecule has 5 aromatic carbocycles. The molecule has 29 heteroatoms. The minimum Gasteiger partial charge on any atom is -0.459 e. The number of nitro groups is 1. The Balaban J connectivity index is 0.000000201. The van der Waals surface area contributed by atoms with E-state index in [1.165, 1.54) is 57.1 Å². The number of rotatable bonds is 24. The van der Waals surface area contributed by atoms with E-state index in [-0.39, 0.29) is 78.8 Å². The molecule has 4 saturated heterocycles. The molecule has 10 atom stereocenters. The fourth-order valence-electron chi connectivity index (χ4n) is 10.4. The van der Waals surface area contributed by atoms with E-state index < -0.39 is 123 Å². The van der Waals surface area contributed by atoms with Crippen molar-refractivity contribution in [2.45, 2.75) is 112 Å². The van der Waals surface area contributed by atoms with Crippen LogP contribution >= 0.6 is 0 Å². The molecule has 4 aliphatic heterocycles. The summed E-state index contributed by atoms with van der Waals surface area (Å²) in [6, 6.07) is 34.6. The fourth-order valence-corrected chi connectivity index (χ4v) is 13.7. The van der Waals surface area contributed by atoms with Gasteiger partial charge in [-0.3, -0.25) is 14.9 Å². The third-order valence-corrected chi connectivity index (χ3v) is 18.6. The number of carbonyl (C=O) groups excluding carboxylic acids is 2. The number of aliphatic hydroxyl groups excluding tert-OH is 2. The van der Waals surface area contributed by atoms with Crippen molar-refractivity contribution in [1.29, 1.82) is 0 Å². The Morgan fingerprint density at radius 2 is 1.04 bits per heavy atom. The van der Waals surface area contributed by atoms with Crippen LogP contribution in [0.4, 0.5) is 39.4 Å². The number of nitrogens with zero attached hydrogens (tertiary/aromatic N) is 3. The molecule has 4 fully saturated rings. The van der Waals surface area contributed by atoms with Crippen molar-refractivity contribution in [2.75, 3.05) is 64.1 Å². The number of aliphatic hydroxyl groups is 2. The van der Waals surface area contributed by atoms with E-state index in [0.29, 0.717) is 24.3 Å². The van der Waals surface area contributed by atoms with Gasteiger partial charge in [-0.25, -0.2) is 39.2 Å². The minimum absolute atomic E-state index is 0.00880. The van der Waals surface area contributed by atoms with Crippen molar-refractivity contribution in [2.24, 2.45) is 35.3 Å². The molecule has 9 rings (SSSR count). The summed E-state index contributed by atoms with van der Waals surface area (Å²) in [5.74, 6) is -10.6. The van der Waals surface area contributed by atoms with Crippen LogP contribution in [0.25, 0.3) is 0 Å². The third-order valence-electron chi connectivity index (χ3n) is 14.9. The fraction of sp³-hybridized carbons (Fsp3) is 0.475. The maximum absolute atomic E-state index is 14.3. The quantitative estimate of drug-likeness (QED) is 0.0103. The van der Waals surface area contributed by atoms with Crippen molar-refractivity contribution in [3.05, 3.63) is 155 Å². The van der Waals surface area contributed by atoms with Gasteiger partial charge < -0.3 is 60.6 Å². The maximum atomic E-state index is 14.3. The molecule has 5 aromatic rings. The van der Waals surface area contributed by atoms with Crippen LogP contribution in [0, 0.1) is 39.7 Å². The molecule has 0 aromatic heterocycles. The zero-order chi connectivity index (χ0) is 65.7. The lowest BCUT2D eigenvalue weighted by Gasteiger charge is -2.30. The standard InChI is InChI=1S/C28H36F2N2O7S.C20H29N3O3S.C13H11F2NO7/c1-18(2)14-32(40(35,36)22-10-8-21(31)9-11-22)15-23(33)20(12-19-6-4-3-5-7-19)13-25(34)39-24-16-37-27-26(24)28(29,30)17-38-27;1-15(2)13-23(27(25,26)18-10-8-17(21)9-11-18)14-20(24)19(22)12-16-6-4-3-5-7-16;14-13(15)6-21-11-10(13)9(5-20-11)23-12(17)22-8-3-1-7(2-4-8)16(18)19/h3-11,18,20,23-24,26-27,33H,12-17,31H2,1-2H3;3-11,15,19-20,24H,12-14,21-22H2,1-2H3;1-4,9-11H,5-6H2/t20-,23-,24+,26+,27+;19-,20+;9-,10-,11-/m100/s1. The van der Waals surface area contributed by atoms with Crippen LogP contribution in [0.3, 0.4) is 0 Å². The molecular formula is C61H76F4N6O17S2. The van der Waals surface area contributed by atoms with E-state index in [4.69, 9.17) is 50.4 Å². The molecule has 0 bridgehead atoms. The lowest BCUT2D eigenvalue weighted by atomic mass is 9.90. The SMILES string of the molecule is CC(C)CN(C[C@@H](O)[C@@H](CC(=O)O[C@H]1CO[C@H]2OCC(F)(F)[C@H]21)Cc1ccccc1)S(=O)(=O)c1ccc(N)cc1.CC(C)CN(C[C@@H](O)[C@@H](N)Cc1ccccc1)S(=O)(=O)c1ccc(N)cc1.O=C(Oc1ccc([N+](=O)[O-])cc1)O[C@H]1CO[C@H]2OCC(F)(F)[C@H]21. The van der Waals surface area contributed by atoms with Crippen LogP contribution in [0.2, 0.25) is 0 Å². The monoisotopic (exact) mass is 1300 g/mol. The number of non-ortho nitro benzene ring substituents is 1. The second-order valence-corrected chi connectivity index (χ2v) is 27.0. The van der Waals surface area contributed by atoms with Gasteiger partial charge in [0.25, 0.3) is 17.5 Å². The molecule has 0 unspecified atom stereocenters. The Bertz CT molecular complexity index is 3370. The predicted octanol–water partition coefficient (Wildman–Crippen LogP) is 7.04. The number of hydrogen-bond acceptors (Lipinski definition) is 20. The van der Waals surface area contributed by atoms with E-state index in [9.17, 15) is 64.3 Å². The van der Waals surface area contributed by atoms with Crippen LogP contribution in [-0.2, 0) is 66.1 Å². The molecule has 0 saturated carbocycles. The zero-order valence-electron chi connectivity index (χ0n) is 49.8. The van der Waals surface area contributed by atoms with Gasteiger partial charge in [-0.1, -0.05) is 88.4 Å². The van der Waals surface area contributed by atoms with Crippen LogP contribution in [0.15, 0.2) is 143 Å². The number of carbonyl (C=O) groups is 2. The summed E-state index contributed by atoms with van der Waals surface area (Å²) in [6.07, 6.45) is -7.67.